The highest BCUT2D eigenvalue weighted by atomic mass is 19.4. The van der Waals surface area contributed by atoms with Crippen LogP contribution in [0, 0.1) is 5.92 Å². The van der Waals surface area contributed by atoms with Gasteiger partial charge in [-0.1, -0.05) is 12.2 Å². The molecule has 0 unspecified atom stereocenters. The fraction of sp³-hybridized carbons (Fsp3) is 0.786. The number of allylic oxidation sites excluding steroid dienone is 2. The maximum Gasteiger partial charge on any atom is 0.403 e. The van der Waals surface area contributed by atoms with Crippen molar-refractivity contribution < 1.29 is 18.0 Å². The molecule has 0 aromatic carbocycles. The SMILES string of the molecule is C[C@H](N1CCN(C(=O)C[C@@H]2C=CCC2)CC1)C(F)(F)F. The van der Waals surface area contributed by atoms with Gasteiger partial charge < -0.3 is 4.90 Å². The first kappa shape index (κ1) is 15.4. The predicted molar refractivity (Wildman–Crippen MR) is 70.2 cm³/mol. The first-order chi connectivity index (χ1) is 9.38. The molecular weight excluding hydrogens is 269 g/mol. The summed E-state index contributed by atoms with van der Waals surface area (Å²) in [6, 6.07) is -1.43. The Bertz CT molecular complexity index is 373. The van der Waals surface area contributed by atoms with Crippen LogP contribution >= 0.6 is 0 Å². The summed E-state index contributed by atoms with van der Waals surface area (Å²) in [4.78, 5) is 15.2. The standard InChI is InChI=1S/C14H21F3N2O/c1-11(14(15,16)17)18-6-8-19(9-7-18)13(20)10-12-4-2-3-5-12/h2,4,11-12H,3,5-10H2,1H3/t11-,12+/m0/s1. The van der Waals surface area contributed by atoms with E-state index >= 15 is 0 Å². The van der Waals surface area contributed by atoms with Crippen LogP contribution in [0.25, 0.3) is 0 Å². The number of carbonyl (C=O) groups is 1. The molecule has 1 aliphatic carbocycles. The number of rotatable bonds is 3. The molecule has 2 aliphatic rings. The summed E-state index contributed by atoms with van der Waals surface area (Å²) >= 11 is 0. The second-order valence-corrected chi connectivity index (χ2v) is 5.60. The molecule has 2 rings (SSSR count). The fourth-order valence-corrected chi connectivity index (χ4v) is 2.78. The minimum absolute atomic E-state index is 0.0702. The van der Waals surface area contributed by atoms with E-state index in [1.807, 2.05) is 0 Å². The molecule has 0 aromatic rings. The second-order valence-electron chi connectivity index (χ2n) is 5.60. The van der Waals surface area contributed by atoms with Gasteiger partial charge >= 0.3 is 6.18 Å². The third-order valence-corrected chi connectivity index (χ3v) is 4.24. The fourth-order valence-electron chi connectivity index (χ4n) is 2.78. The van der Waals surface area contributed by atoms with Crippen molar-refractivity contribution in [1.29, 1.82) is 0 Å². The summed E-state index contributed by atoms with van der Waals surface area (Å²) < 4.78 is 37.9. The molecule has 20 heavy (non-hydrogen) atoms. The van der Waals surface area contributed by atoms with Crippen LogP contribution in [0.4, 0.5) is 13.2 Å². The molecular formula is C14H21F3N2O. The molecule has 2 atom stereocenters. The molecule has 6 heteroatoms. The number of amides is 1. The normalized spacial score (nSPS) is 26.0. The van der Waals surface area contributed by atoms with Crippen molar-refractivity contribution in [3.05, 3.63) is 12.2 Å². The highest BCUT2D eigenvalue weighted by molar-refractivity contribution is 5.76. The summed E-state index contributed by atoms with van der Waals surface area (Å²) in [6.45, 7) is 2.58. The summed E-state index contributed by atoms with van der Waals surface area (Å²) in [5.74, 6) is 0.385. The van der Waals surface area contributed by atoms with Gasteiger partial charge in [-0.25, -0.2) is 0 Å². The van der Waals surface area contributed by atoms with Gasteiger partial charge in [0.1, 0.15) is 6.04 Å². The van der Waals surface area contributed by atoms with E-state index in [0.717, 1.165) is 12.8 Å². The van der Waals surface area contributed by atoms with E-state index in [1.54, 1.807) is 4.90 Å². The number of hydrogen-bond donors (Lipinski definition) is 0. The number of carbonyl (C=O) groups excluding carboxylic acids is 1. The first-order valence-electron chi connectivity index (χ1n) is 7.13. The lowest BCUT2D eigenvalue weighted by molar-refractivity contribution is -0.183. The highest BCUT2D eigenvalue weighted by Crippen LogP contribution is 2.26. The molecule has 1 amide bonds. The van der Waals surface area contributed by atoms with Gasteiger partial charge in [0.15, 0.2) is 0 Å². The van der Waals surface area contributed by atoms with Crippen molar-refractivity contribution in [2.24, 2.45) is 5.92 Å². The number of alkyl halides is 3. The van der Waals surface area contributed by atoms with Gasteiger partial charge in [0.2, 0.25) is 5.91 Å². The Morgan fingerprint density at radius 2 is 1.95 bits per heavy atom. The predicted octanol–water partition coefficient (Wildman–Crippen LogP) is 2.44. The van der Waals surface area contributed by atoms with Gasteiger partial charge in [0, 0.05) is 32.6 Å². The molecule has 1 aliphatic heterocycles. The largest absolute Gasteiger partial charge is 0.403 e. The van der Waals surface area contributed by atoms with E-state index in [4.69, 9.17) is 0 Å². The zero-order chi connectivity index (χ0) is 14.8. The molecule has 1 saturated heterocycles. The molecule has 3 nitrogen and oxygen atoms in total. The molecule has 0 N–H and O–H groups in total. The Morgan fingerprint density at radius 3 is 2.45 bits per heavy atom. The van der Waals surface area contributed by atoms with Crippen LogP contribution < -0.4 is 0 Å². The lowest BCUT2D eigenvalue weighted by Crippen LogP contribution is -2.54. The van der Waals surface area contributed by atoms with E-state index in [2.05, 4.69) is 12.2 Å². The maximum absolute atomic E-state index is 12.6. The van der Waals surface area contributed by atoms with Crippen LogP contribution in [-0.2, 0) is 4.79 Å². The van der Waals surface area contributed by atoms with E-state index in [1.165, 1.54) is 11.8 Å². The van der Waals surface area contributed by atoms with Crippen molar-refractivity contribution in [3.63, 3.8) is 0 Å². The van der Waals surface area contributed by atoms with Crippen molar-refractivity contribution in [2.75, 3.05) is 26.2 Å². The van der Waals surface area contributed by atoms with Crippen LogP contribution in [0.2, 0.25) is 0 Å². The summed E-state index contributed by atoms with van der Waals surface area (Å²) in [6.07, 6.45) is 2.48. The van der Waals surface area contributed by atoms with Crippen LogP contribution in [0.15, 0.2) is 12.2 Å². The summed E-state index contributed by atoms with van der Waals surface area (Å²) in [7, 11) is 0. The molecule has 0 aromatic heterocycles. The van der Waals surface area contributed by atoms with E-state index < -0.39 is 12.2 Å². The molecule has 0 bridgehead atoms. The Hall–Kier alpha value is -1.04. The lowest BCUT2D eigenvalue weighted by atomic mass is 10.0. The zero-order valence-electron chi connectivity index (χ0n) is 11.7. The Kier molecular flexibility index (Phi) is 4.73. The van der Waals surface area contributed by atoms with Crippen LogP contribution in [-0.4, -0.2) is 54.1 Å². The topological polar surface area (TPSA) is 23.6 Å². The molecule has 1 fully saturated rings. The zero-order valence-corrected chi connectivity index (χ0v) is 11.7. The maximum atomic E-state index is 12.6. The third kappa shape index (κ3) is 3.75. The summed E-state index contributed by atoms with van der Waals surface area (Å²) in [5.41, 5.74) is 0. The minimum atomic E-state index is -4.19. The van der Waals surface area contributed by atoms with Gasteiger partial charge in [-0.15, -0.1) is 0 Å². The monoisotopic (exact) mass is 290 g/mol. The van der Waals surface area contributed by atoms with Gasteiger partial charge in [-0.05, 0) is 25.7 Å². The quantitative estimate of drug-likeness (QED) is 0.745. The average Bonchev–Trinajstić information content (AvgIpc) is 2.90. The van der Waals surface area contributed by atoms with Gasteiger partial charge in [0.25, 0.3) is 0 Å². The average molecular weight is 290 g/mol. The van der Waals surface area contributed by atoms with Crippen molar-refractivity contribution in [1.82, 2.24) is 9.80 Å². The van der Waals surface area contributed by atoms with Crippen LogP contribution in [0.5, 0.6) is 0 Å². The van der Waals surface area contributed by atoms with Crippen molar-refractivity contribution >= 4 is 5.91 Å². The Labute approximate surface area is 117 Å². The van der Waals surface area contributed by atoms with Crippen molar-refractivity contribution in [2.45, 2.75) is 38.4 Å². The minimum Gasteiger partial charge on any atom is -0.340 e. The number of hydrogen-bond acceptors (Lipinski definition) is 2. The van der Waals surface area contributed by atoms with Gasteiger partial charge in [-0.2, -0.15) is 13.2 Å². The van der Waals surface area contributed by atoms with E-state index in [9.17, 15) is 18.0 Å². The second kappa shape index (κ2) is 6.16. The van der Waals surface area contributed by atoms with Gasteiger partial charge in [0.05, 0.1) is 0 Å². The number of piperazine rings is 1. The first-order valence-corrected chi connectivity index (χ1v) is 7.13. The van der Waals surface area contributed by atoms with Crippen molar-refractivity contribution in [3.8, 4) is 0 Å². The number of nitrogens with zero attached hydrogens (tertiary/aromatic N) is 2. The van der Waals surface area contributed by atoms with E-state index in [0.29, 0.717) is 38.5 Å². The molecule has 0 saturated carbocycles. The molecule has 114 valence electrons. The Morgan fingerprint density at radius 1 is 1.30 bits per heavy atom. The highest BCUT2D eigenvalue weighted by Gasteiger charge is 2.41. The molecule has 1 heterocycles. The number of halogens is 3. The smallest absolute Gasteiger partial charge is 0.340 e. The summed E-state index contributed by atoms with van der Waals surface area (Å²) in [5, 5.41) is 0. The lowest BCUT2D eigenvalue weighted by Gasteiger charge is -2.38. The van der Waals surface area contributed by atoms with E-state index in [-0.39, 0.29) is 5.91 Å². The molecule has 0 radical (unpaired) electrons. The van der Waals surface area contributed by atoms with Crippen LogP contribution in [0.1, 0.15) is 26.2 Å². The van der Waals surface area contributed by atoms with Crippen LogP contribution in [0.3, 0.4) is 0 Å². The van der Waals surface area contributed by atoms with Gasteiger partial charge in [-0.3, -0.25) is 9.69 Å². The Balaban J connectivity index is 1.78. The third-order valence-electron chi connectivity index (χ3n) is 4.24. The molecule has 0 spiro atoms.